The Hall–Kier alpha value is -2.08. The van der Waals surface area contributed by atoms with Crippen molar-refractivity contribution in [3.8, 4) is 0 Å². The predicted octanol–water partition coefficient (Wildman–Crippen LogP) is 3.56. The molecule has 3 saturated heterocycles. The van der Waals surface area contributed by atoms with Crippen LogP contribution in [0.15, 0.2) is 30.3 Å². The second-order valence-electron chi connectivity index (χ2n) is 10.3. The first-order valence-corrected chi connectivity index (χ1v) is 12.4. The van der Waals surface area contributed by atoms with Crippen LogP contribution in [-0.2, 0) is 14.3 Å². The van der Waals surface area contributed by atoms with Gasteiger partial charge in [-0.15, -0.1) is 0 Å². The van der Waals surface area contributed by atoms with Gasteiger partial charge in [0.05, 0.1) is 5.60 Å². The van der Waals surface area contributed by atoms with E-state index < -0.39 is 0 Å². The van der Waals surface area contributed by atoms with Crippen molar-refractivity contribution in [3.05, 3.63) is 30.3 Å². The standard InChI is InChI=1S/C26H39N3O3/c1-26(2)20-22(12-19-32-26)25(31)29-13-10-21(11-14-29)8-9-24(30)28-17-15-27(16-18-28)23-6-4-3-5-7-23/h3-7,21-22H,8-20H2,1-2H3/t22-/m1/s1. The van der Waals surface area contributed by atoms with Gasteiger partial charge in [0.15, 0.2) is 0 Å². The lowest BCUT2D eigenvalue weighted by Crippen LogP contribution is -2.49. The maximum absolute atomic E-state index is 13.0. The molecule has 6 nitrogen and oxygen atoms in total. The molecule has 3 heterocycles. The van der Waals surface area contributed by atoms with Crippen molar-refractivity contribution in [2.24, 2.45) is 11.8 Å². The van der Waals surface area contributed by atoms with E-state index in [9.17, 15) is 9.59 Å². The zero-order valence-electron chi connectivity index (χ0n) is 19.8. The average Bonchev–Trinajstić information content (AvgIpc) is 2.82. The van der Waals surface area contributed by atoms with Crippen LogP contribution in [0.1, 0.15) is 52.4 Å². The Morgan fingerprint density at radius 1 is 0.938 bits per heavy atom. The van der Waals surface area contributed by atoms with Gasteiger partial charge in [-0.1, -0.05) is 18.2 Å². The molecule has 3 aliphatic rings. The lowest BCUT2D eigenvalue weighted by atomic mass is 9.86. The van der Waals surface area contributed by atoms with Crippen molar-refractivity contribution < 1.29 is 14.3 Å². The van der Waals surface area contributed by atoms with Crippen LogP contribution in [0.25, 0.3) is 0 Å². The van der Waals surface area contributed by atoms with Crippen LogP contribution in [-0.4, -0.2) is 73.1 Å². The van der Waals surface area contributed by atoms with E-state index in [1.807, 2.05) is 11.0 Å². The first kappa shape index (κ1) is 23.1. The van der Waals surface area contributed by atoms with Crippen molar-refractivity contribution in [1.29, 1.82) is 0 Å². The number of hydrogen-bond acceptors (Lipinski definition) is 4. The zero-order valence-corrected chi connectivity index (χ0v) is 19.8. The quantitative estimate of drug-likeness (QED) is 0.701. The molecule has 0 saturated carbocycles. The molecule has 3 aliphatic heterocycles. The summed E-state index contributed by atoms with van der Waals surface area (Å²) in [6.45, 7) is 9.94. The van der Waals surface area contributed by atoms with Gasteiger partial charge in [0, 0.05) is 63.9 Å². The summed E-state index contributed by atoms with van der Waals surface area (Å²) in [5.41, 5.74) is 1.05. The molecular weight excluding hydrogens is 402 g/mol. The number of likely N-dealkylation sites (tertiary alicyclic amines) is 1. The van der Waals surface area contributed by atoms with E-state index in [4.69, 9.17) is 4.74 Å². The molecule has 2 amide bonds. The van der Waals surface area contributed by atoms with Crippen molar-refractivity contribution in [2.75, 3.05) is 50.8 Å². The largest absolute Gasteiger partial charge is 0.376 e. The maximum Gasteiger partial charge on any atom is 0.225 e. The number of hydrogen-bond donors (Lipinski definition) is 0. The Morgan fingerprint density at radius 3 is 2.28 bits per heavy atom. The number of anilines is 1. The van der Waals surface area contributed by atoms with Gasteiger partial charge in [-0.3, -0.25) is 9.59 Å². The number of rotatable bonds is 5. The Balaban J connectivity index is 1.15. The van der Waals surface area contributed by atoms with E-state index in [2.05, 4.69) is 47.9 Å². The number of ether oxygens (including phenoxy) is 1. The van der Waals surface area contributed by atoms with Crippen LogP contribution in [0.4, 0.5) is 5.69 Å². The van der Waals surface area contributed by atoms with E-state index in [-0.39, 0.29) is 11.5 Å². The van der Waals surface area contributed by atoms with Crippen LogP contribution < -0.4 is 4.90 Å². The van der Waals surface area contributed by atoms with Gasteiger partial charge >= 0.3 is 0 Å². The predicted molar refractivity (Wildman–Crippen MR) is 127 cm³/mol. The number of para-hydroxylation sites is 1. The van der Waals surface area contributed by atoms with Gasteiger partial charge in [-0.05, 0) is 64.0 Å². The summed E-state index contributed by atoms with van der Waals surface area (Å²) in [5.74, 6) is 1.26. The Bertz CT molecular complexity index is 766. The number of piperazine rings is 1. The Kier molecular flexibility index (Phi) is 7.39. The highest BCUT2D eigenvalue weighted by molar-refractivity contribution is 5.79. The van der Waals surface area contributed by atoms with E-state index in [0.717, 1.165) is 71.4 Å². The minimum Gasteiger partial charge on any atom is -0.376 e. The summed E-state index contributed by atoms with van der Waals surface area (Å²) < 4.78 is 5.77. The molecule has 6 heteroatoms. The molecule has 0 radical (unpaired) electrons. The molecule has 0 bridgehead atoms. The fourth-order valence-corrected chi connectivity index (χ4v) is 5.48. The molecule has 32 heavy (non-hydrogen) atoms. The monoisotopic (exact) mass is 441 g/mol. The Labute approximate surface area is 192 Å². The lowest BCUT2D eigenvalue weighted by Gasteiger charge is -2.39. The Morgan fingerprint density at radius 2 is 1.62 bits per heavy atom. The SMILES string of the molecule is CC1(C)C[C@H](C(=O)N2CCC(CCC(=O)N3CCN(c4ccccc4)CC3)CC2)CCO1. The molecule has 3 fully saturated rings. The summed E-state index contributed by atoms with van der Waals surface area (Å²) in [4.78, 5) is 32.2. The number of carbonyl (C=O) groups is 2. The second kappa shape index (κ2) is 10.2. The highest BCUT2D eigenvalue weighted by Gasteiger charge is 2.36. The fourth-order valence-electron chi connectivity index (χ4n) is 5.48. The van der Waals surface area contributed by atoms with Crippen LogP contribution in [0, 0.1) is 11.8 Å². The smallest absolute Gasteiger partial charge is 0.225 e. The molecule has 0 aliphatic carbocycles. The van der Waals surface area contributed by atoms with Crippen molar-refractivity contribution in [2.45, 2.75) is 58.0 Å². The van der Waals surface area contributed by atoms with Crippen molar-refractivity contribution >= 4 is 17.5 Å². The number of piperidine rings is 1. The highest BCUT2D eigenvalue weighted by Crippen LogP contribution is 2.31. The van der Waals surface area contributed by atoms with Gasteiger partial charge < -0.3 is 19.4 Å². The summed E-state index contributed by atoms with van der Waals surface area (Å²) in [6.07, 6.45) is 5.29. The molecule has 1 aromatic carbocycles. The molecule has 0 spiro atoms. The number of benzene rings is 1. The molecule has 1 atom stereocenters. The number of carbonyl (C=O) groups excluding carboxylic acids is 2. The van der Waals surface area contributed by atoms with Gasteiger partial charge in [-0.2, -0.15) is 0 Å². The third kappa shape index (κ3) is 5.83. The van der Waals surface area contributed by atoms with Crippen molar-refractivity contribution in [1.82, 2.24) is 9.80 Å². The normalized spacial score (nSPS) is 24.4. The van der Waals surface area contributed by atoms with E-state index in [0.29, 0.717) is 30.8 Å². The summed E-state index contributed by atoms with van der Waals surface area (Å²) in [7, 11) is 0. The fraction of sp³-hybridized carbons (Fsp3) is 0.692. The first-order valence-electron chi connectivity index (χ1n) is 12.4. The highest BCUT2D eigenvalue weighted by atomic mass is 16.5. The average molecular weight is 442 g/mol. The van der Waals surface area contributed by atoms with Gasteiger partial charge in [-0.25, -0.2) is 0 Å². The minimum atomic E-state index is -0.191. The van der Waals surface area contributed by atoms with E-state index in [1.165, 1.54) is 5.69 Å². The third-order valence-electron chi connectivity index (χ3n) is 7.49. The molecule has 0 aromatic heterocycles. The van der Waals surface area contributed by atoms with Crippen LogP contribution in [0.2, 0.25) is 0 Å². The number of amides is 2. The summed E-state index contributed by atoms with van der Waals surface area (Å²) in [6, 6.07) is 10.4. The third-order valence-corrected chi connectivity index (χ3v) is 7.49. The minimum absolute atomic E-state index is 0.103. The van der Waals surface area contributed by atoms with E-state index >= 15 is 0 Å². The van der Waals surface area contributed by atoms with Gasteiger partial charge in [0.25, 0.3) is 0 Å². The second-order valence-corrected chi connectivity index (χ2v) is 10.3. The lowest BCUT2D eigenvalue weighted by molar-refractivity contribution is -0.147. The molecular formula is C26H39N3O3. The van der Waals surface area contributed by atoms with Crippen molar-refractivity contribution in [3.63, 3.8) is 0 Å². The van der Waals surface area contributed by atoms with Crippen LogP contribution in [0.3, 0.4) is 0 Å². The van der Waals surface area contributed by atoms with E-state index in [1.54, 1.807) is 0 Å². The molecule has 0 unspecified atom stereocenters. The first-order chi connectivity index (χ1) is 15.4. The molecule has 0 N–H and O–H groups in total. The summed E-state index contributed by atoms with van der Waals surface area (Å²) >= 11 is 0. The summed E-state index contributed by atoms with van der Waals surface area (Å²) in [5, 5.41) is 0. The molecule has 1 aromatic rings. The zero-order chi connectivity index (χ0) is 22.6. The number of nitrogens with zero attached hydrogens (tertiary/aromatic N) is 3. The molecule has 176 valence electrons. The maximum atomic E-state index is 13.0. The van der Waals surface area contributed by atoms with Gasteiger partial charge in [0.1, 0.15) is 0 Å². The van der Waals surface area contributed by atoms with Gasteiger partial charge in [0.2, 0.25) is 11.8 Å². The van der Waals surface area contributed by atoms with Crippen LogP contribution in [0.5, 0.6) is 0 Å². The van der Waals surface area contributed by atoms with Crippen LogP contribution >= 0.6 is 0 Å². The topological polar surface area (TPSA) is 53.1 Å². The molecule has 4 rings (SSSR count).